The van der Waals surface area contributed by atoms with Crippen LogP contribution in [-0.4, -0.2) is 50.5 Å². The summed E-state index contributed by atoms with van der Waals surface area (Å²) in [6.07, 6.45) is 0.442. The summed E-state index contributed by atoms with van der Waals surface area (Å²) >= 11 is 5.38. The topological polar surface area (TPSA) is 63.7 Å². The number of hydrogen-bond donors (Lipinski definition) is 0. The van der Waals surface area contributed by atoms with Gasteiger partial charge >= 0.3 is 5.97 Å². The first kappa shape index (κ1) is 16.4. The molecular weight excluding hydrogens is 266 g/mol. The number of ether oxygens (including phenoxy) is 1. The van der Waals surface area contributed by atoms with Crippen molar-refractivity contribution in [3.63, 3.8) is 0 Å². The van der Waals surface area contributed by atoms with Crippen molar-refractivity contribution in [1.82, 2.24) is 4.31 Å². The zero-order valence-corrected chi connectivity index (χ0v) is 11.7. The zero-order chi connectivity index (χ0) is 13.5. The second-order valence-electron chi connectivity index (χ2n) is 3.60. The Morgan fingerprint density at radius 3 is 2.53 bits per heavy atom. The van der Waals surface area contributed by atoms with E-state index in [1.54, 1.807) is 6.92 Å². The molecular formula is C10H18ClNO4S. The molecule has 0 fully saturated rings. The molecule has 0 radical (unpaired) electrons. The van der Waals surface area contributed by atoms with Gasteiger partial charge < -0.3 is 4.74 Å². The van der Waals surface area contributed by atoms with Crippen LogP contribution in [0.3, 0.4) is 0 Å². The molecule has 7 heteroatoms. The number of nitrogens with zero attached hydrogens (tertiary/aromatic N) is 1. The van der Waals surface area contributed by atoms with Crippen LogP contribution >= 0.6 is 11.6 Å². The molecule has 0 saturated carbocycles. The molecule has 0 rings (SSSR count). The van der Waals surface area contributed by atoms with Gasteiger partial charge in [0.2, 0.25) is 10.0 Å². The zero-order valence-electron chi connectivity index (χ0n) is 10.1. The molecule has 0 unspecified atom stereocenters. The smallest absolute Gasteiger partial charge is 0.333 e. The molecule has 17 heavy (non-hydrogen) atoms. The molecule has 0 spiro atoms. The van der Waals surface area contributed by atoms with E-state index in [-0.39, 0.29) is 18.2 Å². The number of esters is 1. The summed E-state index contributed by atoms with van der Waals surface area (Å²) in [6, 6.07) is 0. The number of hydrogen-bond acceptors (Lipinski definition) is 4. The van der Waals surface area contributed by atoms with Crippen LogP contribution in [0.4, 0.5) is 0 Å². The first-order valence-electron chi connectivity index (χ1n) is 5.14. The van der Waals surface area contributed by atoms with E-state index in [1.165, 1.54) is 11.4 Å². The van der Waals surface area contributed by atoms with Crippen LogP contribution in [0, 0.1) is 0 Å². The van der Waals surface area contributed by atoms with Gasteiger partial charge in [0.1, 0.15) is 0 Å². The molecule has 0 atom stereocenters. The minimum absolute atomic E-state index is 0.0668. The third-order valence-corrected chi connectivity index (χ3v) is 4.27. The summed E-state index contributed by atoms with van der Waals surface area (Å²) in [7, 11) is -1.81. The molecule has 0 aliphatic rings. The van der Waals surface area contributed by atoms with Crippen LogP contribution in [0.15, 0.2) is 12.2 Å². The molecule has 0 aromatic rings. The van der Waals surface area contributed by atoms with E-state index in [2.05, 4.69) is 6.58 Å². The van der Waals surface area contributed by atoms with Crippen molar-refractivity contribution in [2.75, 3.05) is 31.8 Å². The Bertz CT molecular complexity index is 367. The summed E-state index contributed by atoms with van der Waals surface area (Å²) in [6.45, 7) is 5.46. The quantitative estimate of drug-likeness (QED) is 0.288. The van der Waals surface area contributed by atoms with Crippen LogP contribution in [0.2, 0.25) is 0 Å². The molecule has 0 aliphatic heterocycles. The van der Waals surface area contributed by atoms with Crippen LogP contribution in [-0.2, 0) is 19.6 Å². The molecule has 0 aromatic carbocycles. The van der Waals surface area contributed by atoms with Crippen molar-refractivity contribution in [3.05, 3.63) is 12.2 Å². The monoisotopic (exact) mass is 283 g/mol. The van der Waals surface area contributed by atoms with E-state index in [9.17, 15) is 13.2 Å². The highest BCUT2D eigenvalue weighted by Crippen LogP contribution is 2.01. The van der Waals surface area contributed by atoms with E-state index in [4.69, 9.17) is 16.3 Å². The molecule has 5 nitrogen and oxygen atoms in total. The third-order valence-electron chi connectivity index (χ3n) is 2.01. The van der Waals surface area contributed by atoms with Gasteiger partial charge in [-0.05, 0) is 13.3 Å². The van der Waals surface area contributed by atoms with E-state index < -0.39 is 16.0 Å². The lowest BCUT2D eigenvalue weighted by Crippen LogP contribution is -2.31. The van der Waals surface area contributed by atoms with Gasteiger partial charge in [-0.25, -0.2) is 17.5 Å². The van der Waals surface area contributed by atoms with Gasteiger partial charge in [-0.3, -0.25) is 0 Å². The molecule has 0 N–H and O–H groups in total. The van der Waals surface area contributed by atoms with Crippen LogP contribution in [0.5, 0.6) is 0 Å². The minimum Gasteiger partial charge on any atom is -0.462 e. The summed E-state index contributed by atoms with van der Waals surface area (Å²) < 4.78 is 29.0. The van der Waals surface area contributed by atoms with Crippen LogP contribution in [0.25, 0.3) is 0 Å². The van der Waals surface area contributed by atoms with Crippen molar-refractivity contribution < 1.29 is 17.9 Å². The molecule has 0 aliphatic carbocycles. The molecule has 100 valence electrons. The molecule has 0 saturated heterocycles. The molecule has 0 heterocycles. The van der Waals surface area contributed by atoms with Gasteiger partial charge in [-0.2, -0.15) is 0 Å². The predicted octanol–water partition coefficient (Wildman–Crippen LogP) is 0.996. The van der Waals surface area contributed by atoms with Crippen LogP contribution < -0.4 is 0 Å². The highest BCUT2D eigenvalue weighted by atomic mass is 35.5. The molecule has 0 amide bonds. The Morgan fingerprint density at radius 2 is 2.06 bits per heavy atom. The second kappa shape index (κ2) is 7.68. The normalized spacial score (nSPS) is 11.5. The number of carbonyl (C=O) groups excluding carboxylic acids is 1. The van der Waals surface area contributed by atoms with Crippen LogP contribution in [0.1, 0.15) is 13.3 Å². The van der Waals surface area contributed by atoms with Gasteiger partial charge in [0.05, 0.1) is 12.4 Å². The number of sulfonamides is 1. The summed E-state index contributed by atoms with van der Waals surface area (Å²) in [5.74, 6) is -0.482. The fourth-order valence-electron chi connectivity index (χ4n) is 0.968. The van der Waals surface area contributed by atoms with E-state index in [0.717, 1.165) is 0 Å². The number of halogens is 1. The minimum atomic E-state index is -3.28. The SMILES string of the molecule is C=C(C)C(=O)OCCCN(C)S(=O)(=O)CCCl. The first-order chi connectivity index (χ1) is 7.81. The summed E-state index contributed by atoms with van der Waals surface area (Å²) in [5.41, 5.74) is 0.327. The van der Waals surface area contributed by atoms with E-state index in [1.807, 2.05) is 0 Å². The van der Waals surface area contributed by atoms with Crippen molar-refractivity contribution in [3.8, 4) is 0 Å². The fraction of sp³-hybridized carbons (Fsp3) is 0.700. The number of alkyl halides is 1. The van der Waals surface area contributed by atoms with Gasteiger partial charge in [-0.1, -0.05) is 6.58 Å². The average Bonchev–Trinajstić information content (AvgIpc) is 2.23. The Hall–Kier alpha value is -0.590. The highest BCUT2D eigenvalue weighted by Gasteiger charge is 2.16. The van der Waals surface area contributed by atoms with Crippen molar-refractivity contribution in [1.29, 1.82) is 0 Å². The standard InChI is InChI=1S/C10H18ClNO4S/c1-9(2)10(13)16-7-4-6-12(3)17(14,15)8-5-11/h1,4-8H2,2-3H3. The summed E-state index contributed by atoms with van der Waals surface area (Å²) in [4.78, 5) is 11.0. The van der Waals surface area contributed by atoms with Crippen molar-refractivity contribution in [2.45, 2.75) is 13.3 Å². The average molecular weight is 284 g/mol. The van der Waals surface area contributed by atoms with Gasteiger partial charge in [-0.15, -0.1) is 11.6 Å². The third kappa shape index (κ3) is 6.65. The van der Waals surface area contributed by atoms with Crippen molar-refractivity contribution in [2.24, 2.45) is 0 Å². The van der Waals surface area contributed by atoms with E-state index >= 15 is 0 Å². The maximum Gasteiger partial charge on any atom is 0.333 e. The lowest BCUT2D eigenvalue weighted by atomic mass is 10.3. The Morgan fingerprint density at radius 1 is 1.47 bits per heavy atom. The first-order valence-corrected chi connectivity index (χ1v) is 7.28. The Balaban J connectivity index is 3.90. The second-order valence-corrected chi connectivity index (χ2v) is 6.17. The predicted molar refractivity (Wildman–Crippen MR) is 67.5 cm³/mol. The number of rotatable bonds is 8. The Labute approximate surface area is 107 Å². The molecule has 0 bridgehead atoms. The maximum absolute atomic E-state index is 11.5. The lowest BCUT2D eigenvalue weighted by molar-refractivity contribution is -0.139. The molecule has 0 aromatic heterocycles. The lowest BCUT2D eigenvalue weighted by Gasteiger charge is -2.16. The van der Waals surface area contributed by atoms with Crippen molar-refractivity contribution >= 4 is 27.6 Å². The van der Waals surface area contributed by atoms with Gasteiger partial charge in [0.25, 0.3) is 0 Å². The Kier molecular flexibility index (Phi) is 7.41. The van der Waals surface area contributed by atoms with Gasteiger partial charge in [0.15, 0.2) is 0 Å². The summed E-state index contributed by atoms with van der Waals surface area (Å²) in [5, 5.41) is 0. The largest absolute Gasteiger partial charge is 0.462 e. The highest BCUT2D eigenvalue weighted by molar-refractivity contribution is 7.89. The van der Waals surface area contributed by atoms with Gasteiger partial charge in [0, 0.05) is 25.0 Å². The number of carbonyl (C=O) groups is 1. The fourth-order valence-corrected chi connectivity index (χ4v) is 2.47. The van der Waals surface area contributed by atoms with E-state index in [0.29, 0.717) is 18.5 Å². The maximum atomic E-state index is 11.5.